The number of rotatable bonds is 2. The van der Waals surface area contributed by atoms with Gasteiger partial charge in [-0.15, -0.1) is 0 Å². The van der Waals surface area contributed by atoms with Crippen molar-refractivity contribution in [3.8, 4) is 0 Å². The predicted molar refractivity (Wildman–Crippen MR) is 73.3 cm³/mol. The molecule has 3 nitrogen and oxygen atoms in total. The maximum absolute atomic E-state index is 13.3. The molecule has 0 bridgehead atoms. The van der Waals surface area contributed by atoms with Crippen LogP contribution in [0, 0.1) is 21.1 Å². The average Bonchev–Trinajstić information content (AvgIpc) is 2.37. The Kier molecular flexibility index (Phi) is 4.50. The molecule has 18 heavy (non-hydrogen) atoms. The third kappa shape index (κ3) is 3.17. The fourth-order valence-electron chi connectivity index (χ4n) is 1.96. The minimum absolute atomic E-state index is 0.0625. The first-order valence-corrected chi connectivity index (χ1v) is 6.82. The van der Waals surface area contributed by atoms with Crippen LogP contribution < -0.4 is 10.6 Å². The highest BCUT2D eigenvalue weighted by molar-refractivity contribution is 14.1. The molecule has 6 heteroatoms. The average molecular weight is 366 g/mol. The van der Waals surface area contributed by atoms with E-state index in [1.807, 2.05) is 0 Å². The van der Waals surface area contributed by atoms with Crippen molar-refractivity contribution in [2.24, 2.45) is 5.92 Å². The van der Waals surface area contributed by atoms with E-state index in [4.69, 9.17) is 0 Å². The number of carbonyl (C=O) groups excluding carboxylic acids is 1. The van der Waals surface area contributed by atoms with Crippen LogP contribution in [0.25, 0.3) is 0 Å². The SMILES string of the molecule is O=C(Nc1cc(F)c(I)c(F)c1)C1CCNCC1. The predicted octanol–water partition coefficient (Wildman–Crippen LogP) is 2.51. The Morgan fingerprint density at radius 1 is 1.28 bits per heavy atom. The van der Waals surface area contributed by atoms with Crippen LogP contribution in [0.15, 0.2) is 12.1 Å². The Morgan fingerprint density at radius 2 is 1.83 bits per heavy atom. The lowest BCUT2D eigenvalue weighted by atomic mass is 9.97. The minimum Gasteiger partial charge on any atom is -0.326 e. The molecule has 98 valence electrons. The molecule has 1 saturated heterocycles. The first-order chi connectivity index (χ1) is 8.58. The van der Waals surface area contributed by atoms with Gasteiger partial charge in [-0.05, 0) is 60.7 Å². The van der Waals surface area contributed by atoms with Gasteiger partial charge < -0.3 is 10.6 Å². The van der Waals surface area contributed by atoms with Crippen LogP contribution >= 0.6 is 22.6 Å². The maximum atomic E-state index is 13.3. The van der Waals surface area contributed by atoms with E-state index in [0.717, 1.165) is 38.1 Å². The fourth-order valence-corrected chi connectivity index (χ4v) is 2.27. The molecule has 1 aromatic rings. The Labute approximate surface area is 117 Å². The van der Waals surface area contributed by atoms with E-state index in [-0.39, 0.29) is 21.1 Å². The number of nitrogens with one attached hydrogen (secondary N) is 2. The summed E-state index contributed by atoms with van der Waals surface area (Å²) in [5, 5.41) is 5.73. The molecule has 1 fully saturated rings. The van der Waals surface area contributed by atoms with E-state index in [1.165, 1.54) is 0 Å². The summed E-state index contributed by atoms with van der Waals surface area (Å²) in [6, 6.07) is 2.29. The molecule has 1 aliphatic heterocycles. The normalized spacial score (nSPS) is 16.6. The number of piperidine rings is 1. The number of amides is 1. The molecule has 0 unspecified atom stereocenters. The lowest BCUT2D eigenvalue weighted by Crippen LogP contribution is -2.34. The van der Waals surface area contributed by atoms with Gasteiger partial charge in [0.15, 0.2) is 0 Å². The maximum Gasteiger partial charge on any atom is 0.227 e. The molecule has 0 spiro atoms. The Bertz CT molecular complexity index is 438. The Balaban J connectivity index is 2.06. The molecule has 1 aliphatic rings. The number of halogens is 3. The van der Waals surface area contributed by atoms with Gasteiger partial charge in [0.25, 0.3) is 0 Å². The topological polar surface area (TPSA) is 41.1 Å². The van der Waals surface area contributed by atoms with Crippen molar-refractivity contribution in [3.05, 3.63) is 27.3 Å². The van der Waals surface area contributed by atoms with Crippen LogP contribution in [0.3, 0.4) is 0 Å². The monoisotopic (exact) mass is 366 g/mol. The lowest BCUT2D eigenvalue weighted by Gasteiger charge is -2.21. The highest BCUT2D eigenvalue weighted by atomic mass is 127. The van der Waals surface area contributed by atoms with Crippen molar-refractivity contribution in [2.45, 2.75) is 12.8 Å². The van der Waals surface area contributed by atoms with Gasteiger partial charge in [0.2, 0.25) is 5.91 Å². The lowest BCUT2D eigenvalue weighted by molar-refractivity contribution is -0.120. The van der Waals surface area contributed by atoms with E-state index in [9.17, 15) is 13.6 Å². The van der Waals surface area contributed by atoms with Gasteiger partial charge in [-0.1, -0.05) is 0 Å². The summed E-state index contributed by atoms with van der Waals surface area (Å²) < 4.78 is 26.6. The standard InChI is InChI=1S/C12H13F2IN2O/c13-9-5-8(6-10(14)11(9)15)17-12(18)7-1-3-16-4-2-7/h5-7,16H,1-4H2,(H,17,18). The molecule has 0 aromatic heterocycles. The third-order valence-corrected chi connectivity index (χ3v) is 3.99. The van der Waals surface area contributed by atoms with Crippen molar-refractivity contribution in [1.29, 1.82) is 0 Å². The largest absolute Gasteiger partial charge is 0.326 e. The summed E-state index contributed by atoms with van der Waals surface area (Å²) in [5.74, 6) is -1.57. The van der Waals surface area contributed by atoms with Crippen LogP contribution in [0.2, 0.25) is 0 Å². The summed E-state index contributed by atoms with van der Waals surface area (Å²) in [6.45, 7) is 1.60. The summed E-state index contributed by atoms with van der Waals surface area (Å²) in [7, 11) is 0. The van der Waals surface area contributed by atoms with Crippen LogP contribution in [0.4, 0.5) is 14.5 Å². The highest BCUT2D eigenvalue weighted by Gasteiger charge is 2.21. The number of hydrogen-bond donors (Lipinski definition) is 2. The first-order valence-electron chi connectivity index (χ1n) is 5.74. The molecule has 1 heterocycles. The van der Waals surface area contributed by atoms with E-state index < -0.39 is 11.6 Å². The van der Waals surface area contributed by atoms with Crippen LogP contribution in [0.1, 0.15) is 12.8 Å². The number of carbonyl (C=O) groups is 1. The quantitative estimate of drug-likeness (QED) is 0.624. The zero-order valence-corrected chi connectivity index (χ0v) is 11.8. The molecular weight excluding hydrogens is 353 g/mol. The number of hydrogen-bond acceptors (Lipinski definition) is 2. The molecular formula is C12H13F2IN2O. The zero-order valence-electron chi connectivity index (χ0n) is 9.60. The van der Waals surface area contributed by atoms with Gasteiger partial charge in [0.1, 0.15) is 11.6 Å². The second kappa shape index (κ2) is 5.92. The highest BCUT2D eigenvalue weighted by Crippen LogP contribution is 2.22. The summed E-state index contributed by atoms with van der Waals surface area (Å²) in [6.07, 6.45) is 1.50. The van der Waals surface area contributed by atoms with E-state index in [1.54, 1.807) is 22.6 Å². The third-order valence-electron chi connectivity index (χ3n) is 2.96. The van der Waals surface area contributed by atoms with Crippen molar-refractivity contribution in [2.75, 3.05) is 18.4 Å². The van der Waals surface area contributed by atoms with Gasteiger partial charge in [-0.2, -0.15) is 0 Å². The van der Waals surface area contributed by atoms with E-state index in [0.29, 0.717) is 0 Å². The van der Waals surface area contributed by atoms with Crippen LogP contribution in [0.5, 0.6) is 0 Å². The van der Waals surface area contributed by atoms with Crippen molar-refractivity contribution >= 4 is 34.2 Å². The zero-order chi connectivity index (χ0) is 13.1. The Morgan fingerprint density at radius 3 is 2.39 bits per heavy atom. The number of anilines is 1. The molecule has 0 atom stereocenters. The Hall–Kier alpha value is -0.760. The summed E-state index contributed by atoms with van der Waals surface area (Å²) in [5.41, 5.74) is 0.175. The van der Waals surface area contributed by atoms with Gasteiger partial charge in [0.05, 0.1) is 3.57 Å². The van der Waals surface area contributed by atoms with Gasteiger partial charge in [-0.3, -0.25) is 4.79 Å². The molecule has 1 aromatic carbocycles. The first kappa shape index (κ1) is 13.7. The molecule has 1 amide bonds. The van der Waals surface area contributed by atoms with Gasteiger partial charge in [-0.25, -0.2) is 8.78 Å². The van der Waals surface area contributed by atoms with E-state index >= 15 is 0 Å². The second-order valence-corrected chi connectivity index (χ2v) is 5.35. The molecule has 2 rings (SSSR count). The van der Waals surface area contributed by atoms with E-state index in [2.05, 4.69) is 10.6 Å². The van der Waals surface area contributed by atoms with Crippen molar-refractivity contribution < 1.29 is 13.6 Å². The summed E-state index contributed by atoms with van der Waals surface area (Å²) >= 11 is 1.59. The molecule has 0 saturated carbocycles. The fraction of sp³-hybridized carbons (Fsp3) is 0.417. The second-order valence-electron chi connectivity index (χ2n) is 4.27. The molecule has 0 radical (unpaired) electrons. The molecule has 2 N–H and O–H groups in total. The molecule has 0 aliphatic carbocycles. The van der Waals surface area contributed by atoms with Crippen LogP contribution in [-0.2, 0) is 4.79 Å². The van der Waals surface area contributed by atoms with Crippen molar-refractivity contribution in [3.63, 3.8) is 0 Å². The van der Waals surface area contributed by atoms with Gasteiger partial charge in [0, 0.05) is 11.6 Å². The minimum atomic E-state index is -0.656. The number of benzene rings is 1. The van der Waals surface area contributed by atoms with Crippen LogP contribution in [-0.4, -0.2) is 19.0 Å². The van der Waals surface area contributed by atoms with Crippen molar-refractivity contribution in [1.82, 2.24) is 5.32 Å². The smallest absolute Gasteiger partial charge is 0.227 e. The van der Waals surface area contributed by atoms with Gasteiger partial charge >= 0.3 is 0 Å². The summed E-state index contributed by atoms with van der Waals surface area (Å²) in [4.78, 5) is 11.9.